The van der Waals surface area contributed by atoms with E-state index < -0.39 is 10.0 Å². The molecule has 0 fully saturated rings. The molecule has 12 heavy (non-hydrogen) atoms. The van der Waals surface area contributed by atoms with E-state index in [9.17, 15) is 8.42 Å². The Morgan fingerprint density at radius 1 is 1.58 bits per heavy atom. The fraction of sp³-hybridized carbons (Fsp3) is 0.714. The zero-order valence-corrected chi connectivity index (χ0v) is 8.53. The van der Waals surface area contributed by atoms with Gasteiger partial charge in [-0.15, -0.1) is 18.0 Å². The number of nitrogens with zero attached hydrogens (tertiary/aromatic N) is 1. The van der Waals surface area contributed by atoms with Gasteiger partial charge in [-0.3, -0.25) is 0 Å². The molecule has 0 aromatic heterocycles. The van der Waals surface area contributed by atoms with Crippen molar-refractivity contribution in [1.29, 1.82) is 0 Å². The van der Waals surface area contributed by atoms with Crippen LogP contribution in [0.25, 0.3) is 0 Å². The summed E-state index contributed by atoms with van der Waals surface area (Å²) in [4.78, 5) is 0. The van der Waals surface area contributed by atoms with Crippen molar-refractivity contribution in [3.8, 4) is 12.3 Å². The Balaban J connectivity index is 4.12. The maximum absolute atomic E-state index is 11.3. The number of halogens is 1. The Hall–Kier alpha value is -0.240. The molecule has 0 aliphatic heterocycles. The molecule has 0 saturated carbocycles. The Kier molecular flexibility index (Phi) is 5.31. The lowest BCUT2D eigenvalue weighted by Crippen LogP contribution is -2.29. The average molecular weight is 210 g/mol. The summed E-state index contributed by atoms with van der Waals surface area (Å²) < 4.78 is 23.7. The zero-order valence-electron chi connectivity index (χ0n) is 6.96. The summed E-state index contributed by atoms with van der Waals surface area (Å²) >= 11 is 5.37. The van der Waals surface area contributed by atoms with Crippen molar-refractivity contribution in [2.24, 2.45) is 0 Å². The second kappa shape index (κ2) is 5.41. The van der Waals surface area contributed by atoms with Gasteiger partial charge in [0.05, 0.1) is 12.3 Å². The molecule has 0 aliphatic carbocycles. The second-order valence-corrected chi connectivity index (χ2v) is 4.89. The molecule has 0 N–H and O–H groups in total. The second-order valence-electron chi connectivity index (χ2n) is 2.32. The first-order valence-corrected chi connectivity index (χ1v) is 5.62. The normalized spacial score (nSPS) is 11.5. The molecule has 0 unspecified atom stereocenters. The minimum absolute atomic E-state index is 0.0642. The molecule has 0 aliphatic rings. The van der Waals surface area contributed by atoms with Gasteiger partial charge in [0.15, 0.2) is 0 Å². The van der Waals surface area contributed by atoms with Gasteiger partial charge >= 0.3 is 0 Å². The summed E-state index contributed by atoms with van der Waals surface area (Å²) in [5.74, 6) is 2.68. The van der Waals surface area contributed by atoms with Crippen LogP contribution < -0.4 is 0 Å². The van der Waals surface area contributed by atoms with Crippen molar-refractivity contribution in [3.05, 3.63) is 0 Å². The number of hydrogen-bond acceptors (Lipinski definition) is 2. The van der Waals surface area contributed by atoms with Gasteiger partial charge in [-0.1, -0.05) is 5.92 Å². The highest BCUT2D eigenvalue weighted by atomic mass is 35.5. The lowest BCUT2D eigenvalue weighted by Gasteiger charge is -2.12. The van der Waals surface area contributed by atoms with E-state index in [2.05, 4.69) is 5.92 Å². The number of alkyl halides is 1. The topological polar surface area (TPSA) is 37.4 Å². The minimum Gasteiger partial charge on any atom is -0.212 e. The smallest absolute Gasteiger partial charge is 0.212 e. The van der Waals surface area contributed by atoms with E-state index in [0.717, 1.165) is 4.31 Å². The molecule has 0 atom stereocenters. The van der Waals surface area contributed by atoms with Crippen LogP contribution in [0.1, 0.15) is 6.42 Å². The molecule has 5 heteroatoms. The molecule has 0 heterocycles. The third kappa shape index (κ3) is 3.96. The number of sulfonamides is 1. The first-order valence-electron chi connectivity index (χ1n) is 3.48. The van der Waals surface area contributed by atoms with Crippen molar-refractivity contribution >= 4 is 21.6 Å². The molecular formula is C7H12ClNO2S. The highest BCUT2D eigenvalue weighted by Gasteiger charge is 2.15. The van der Waals surface area contributed by atoms with Crippen LogP contribution >= 0.6 is 11.6 Å². The molecule has 0 saturated heterocycles. The van der Waals surface area contributed by atoms with Gasteiger partial charge in [-0.2, -0.15) is 4.31 Å². The summed E-state index contributed by atoms with van der Waals surface area (Å²) in [5.41, 5.74) is 0. The van der Waals surface area contributed by atoms with Crippen molar-refractivity contribution in [2.45, 2.75) is 6.42 Å². The summed E-state index contributed by atoms with van der Waals surface area (Å²) in [6, 6.07) is 0. The molecule has 70 valence electrons. The largest absolute Gasteiger partial charge is 0.214 e. The van der Waals surface area contributed by atoms with Gasteiger partial charge in [0.2, 0.25) is 10.0 Å². The monoisotopic (exact) mass is 209 g/mol. The summed E-state index contributed by atoms with van der Waals surface area (Å²) in [7, 11) is -1.72. The Labute approximate surface area is 78.8 Å². The highest BCUT2D eigenvalue weighted by Crippen LogP contribution is 2.00. The molecule has 0 aromatic carbocycles. The van der Waals surface area contributed by atoms with Crippen molar-refractivity contribution < 1.29 is 8.42 Å². The first kappa shape index (κ1) is 11.8. The highest BCUT2D eigenvalue weighted by molar-refractivity contribution is 7.89. The molecule has 0 spiro atoms. The van der Waals surface area contributed by atoms with E-state index in [1.807, 2.05) is 0 Å². The molecule has 0 aromatic rings. The van der Waals surface area contributed by atoms with Crippen LogP contribution in [0, 0.1) is 12.3 Å². The average Bonchev–Trinajstić information content (AvgIpc) is 2.01. The van der Waals surface area contributed by atoms with Crippen LogP contribution in [0.2, 0.25) is 0 Å². The van der Waals surface area contributed by atoms with Gasteiger partial charge < -0.3 is 0 Å². The van der Waals surface area contributed by atoms with Crippen LogP contribution in [0.5, 0.6) is 0 Å². The van der Waals surface area contributed by atoms with Crippen molar-refractivity contribution in [3.63, 3.8) is 0 Å². The van der Waals surface area contributed by atoms with E-state index >= 15 is 0 Å². The van der Waals surface area contributed by atoms with E-state index in [1.54, 1.807) is 0 Å². The van der Waals surface area contributed by atoms with Gasteiger partial charge in [0, 0.05) is 12.9 Å². The summed E-state index contributed by atoms with van der Waals surface area (Å²) in [5, 5.41) is 0. The number of terminal acetylenes is 1. The van der Waals surface area contributed by atoms with Crippen LogP contribution in [-0.4, -0.2) is 37.9 Å². The fourth-order valence-corrected chi connectivity index (χ4v) is 2.00. The predicted molar refractivity (Wildman–Crippen MR) is 50.6 cm³/mol. The number of rotatable bonds is 5. The van der Waals surface area contributed by atoms with Gasteiger partial charge in [-0.05, 0) is 6.42 Å². The van der Waals surface area contributed by atoms with Crippen LogP contribution in [0.4, 0.5) is 0 Å². The lowest BCUT2D eigenvalue weighted by atomic mass is 10.6. The first-order chi connectivity index (χ1) is 5.54. The van der Waals surface area contributed by atoms with E-state index in [0.29, 0.717) is 12.3 Å². The lowest BCUT2D eigenvalue weighted by molar-refractivity contribution is 0.502. The predicted octanol–water partition coefficient (Wildman–Crippen LogP) is 0.510. The Morgan fingerprint density at radius 3 is 2.58 bits per heavy atom. The Morgan fingerprint density at radius 2 is 2.17 bits per heavy atom. The standard InChI is InChI=1S/C7H12ClNO2S/c1-3-6-9(2)12(10,11)7-4-5-8/h1H,4-7H2,2H3. The maximum Gasteiger partial charge on any atom is 0.214 e. The summed E-state index contributed by atoms with van der Waals surface area (Å²) in [6.07, 6.45) is 5.43. The molecule has 0 bridgehead atoms. The Bertz CT molecular complexity index is 255. The van der Waals surface area contributed by atoms with Gasteiger partial charge in [-0.25, -0.2) is 8.42 Å². The molecule has 3 nitrogen and oxygen atoms in total. The molecular weight excluding hydrogens is 198 g/mol. The maximum atomic E-state index is 11.3. The third-order valence-electron chi connectivity index (χ3n) is 1.32. The van der Waals surface area contributed by atoms with Gasteiger partial charge in [0.1, 0.15) is 0 Å². The van der Waals surface area contributed by atoms with Crippen molar-refractivity contribution in [1.82, 2.24) is 4.31 Å². The van der Waals surface area contributed by atoms with E-state index in [1.165, 1.54) is 7.05 Å². The zero-order chi connectivity index (χ0) is 9.61. The fourth-order valence-electron chi connectivity index (χ4n) is 0.620. The third-order valence-corrected chi connectivity index (χ3v) is 3.48. The van der Waals surface area contributed by atoms with Crippen LogP contribution in [0.15, 0.2) is 0 Å². The van der Waals surface area contributed by atoms with E-state index in [4.69, 9.17) is 18.0 Å². The molecule has 0 rings (SSSR count). The summed E-state index contributed by atoms with van der Waals surface area (Å²) in [6.45, 7) is 0.116. The van der Waals surface area contributed by atoms with Crippen LogP contribution in [-0.2, 0) is 10.0 Å². The quantitative estimate of drug-likeness (QED) is 0.489. The van der Waals surface area contributed by atoms with Crippen molar-refractivity contribution in [2.75, 3.05) is 25.2 Å². The SMILES string of the molecule is C#CCN(C)S(=O)(=O)CCCCl. The molecule has 0 amide bonds. The van der Waals surface area contributed by atoms with Gasteiger partial charge in [0.25, 0.3) is 0 Å². The molecule has 0 radical (unpaired) electrons. The van der Waals surface area contributed by atoms with E-state index in [-0.39, 0.29) is 12.3 Å². The minimum atomic E-state index is -3.18. The van der Waals surface area contributed by atoms with Crippen LogP contribution in [0.3, 0.4) is 0 Å². The number of hydrogen-bond donors (Lipinski definition) is 0.